The Bertz CT molecular complexity index is 542. The minimum atomic E-state index is -0.0428. The molecule has 0 radical (unpaired) electrons. The second-order valence-corrected chi connectivity index (χ2v) is 4.86. The van der Waals surface area contributed by atoms with E-state index >= 15 is 0 Å². The predicted octanol–water partition coefficient (Wildman–Crippen LogP) is 1.63. The molecular weight excluding hydrogens is 216 g/mol. The highest BCUT2D eigenvalue weighted by atomic mass is 16.5. The van der Waals surface area contributed by atoms with Crippen LogP contribution in [0.4, 0.5) is 5.95 Å². The monoisotopic (exact) mass is 232 g/mol. The number of hydrogen-bond donors (Lipinski definition) is 1. The van der Waals surface area contributed by atoms with Gasteiger partial charge in [-0.25, -0.2) is 4.52 Å². The minimum Gasteiger partial charge on any atom is -0.379 e. The molecule has 0 saturated carbocycles. The fourth-order valence-electron chi connectivity index (χ4n) is 2.12. The lowest BCUT2D eigenvalue weighted by Gasteiger charge is -2.21. The van der Waals surface area contributed by atoms with Gasteiger partial charge in [0.1, 0.15) is 0 Å². The molecule has 5 nitrogen and oxygen atoms in total. The fourth-order valence-corrected chi connectivity index (χ4v) is 2.12. The maximum Gasteiger partial charge on any atom is 0.243 e. The molecule has 0 amide bonds. The smallest absolute Gasteiger partial charge is 0.243 e. The average molecular weight is 232 g/mol. The van der Waals surface area contributed by atoms with Gasteiger partial charge < -0.3 is 10.1 Å². The van der Waals surface area contributed by atoms with Gasteiger partial charge in [0, 0.05) is 12.3 Å². The molecule has 1 atom stereocenters. The van der Waals surface area contributed by atoms with E-state index in [9.17, 15) is 0 Å². The van der Waals surface area contributed by atoms with Crippen molar-refractivity contribution in [2.45, 2.75) is 25.8 Å². The Morgan fingerprint density at radius 2 is 2.35 bits per heavy atom. The van der Waals surface area contributed by atoms with Crippen LogP contribution in [0, 0.1) is 6.92 Å². The molecular formula is C12H16N4O. The number of ether oxygens (including phenoxy) is 1. The lowest BCUT2D eigenvalue weighted by molar-refractivity contribution is 0.185. The molecule has 1 fully saturated rings. The van der Waals surface area contributed by atoms with Gasteiger partial charge in [0.05, 0.1) is 12.1 Å². The molecule has 90 valence electrons. The van der Waals surface area contributed by atoms with Crippen LogP contribution in [0.25, 0.3) is 5.65 Å². The van der Waals surface area contributed by atoms with Gasteiger partial charge in [-0.05, 0) is 32.4 Å². The highest BCUT2D eigenvalue weighted by Crippen LogP contribution is 2.22. The molecule has 2 aromatic rings. The summed E-state index contributed by atoms with van der Waals surface area (Å²) in [4.78, 5) is 4.47. The molecule has 0 aliphatic carbocycles. The summed E-state index contributed by atoms with van der Waals surface area (Å²) in [7, 11) is 0. The lowest BCUT2D eigenvalue weighted by atomic mass is 10.0. The van der Waals surface area contributed by atoms with Crippen LogP contribution in [0.2, 0.25) is 0 Å². The van der Waals surface area contributed by atoms with Crippen LogP contribution in [0.1, 0.15) is 19.0 Å². The molecule has 0 spiro atoms. The van der Waals surface area contributed by atoms with E-state index in [1.165, 1.54) is 0 Å². The molecule has 2 aromatic heterocycles. The topological polar surface area (TPSA) is 51.5 Å². The van der Waals surface area contributed by atoms with Crippen LogP contribution in [-0.2, 0) is 4.74 Å². The van der Waals surface area contributed by atoms with Crippen LogP contribution in [0.15, 0.2) is 18.2 Å². The zero-order chi connectivity index (χ0) is 11.9. The van der Waals surface area contributed by atoms with Crippen molar-refractivity contribution in [2.75, 3.05) is 18.5 Å². The highest BCUT2D eigenvalue weighted by Gasteiger charge is 2.30. The van der Waals surface area contributed by atoms with Gasteiger partial charge in [-0.3, -0.25) is 0 Å². The van der Waals surface area contributed by atoms with E-state index in [4.69, 9.17) is 4.74 Å². The van der Waals surface area contributed by atoms with Crippen molar-refractivity contribution >= 4 is 11.6 Å². The standard InChI is InChI=1S/C12H16N4O/c1-9-4-3-5-10-13-11(15-16(9)10)14-12(2)6-7-17-8-12/h3-5H,6-8H2,1-2H3,(H,14,15). The predicted molar refractivity (Wildman–Crippen MR) is 65.2 cm³/mol. The Labute approximate surface area is 99.8 Å². The second kappa shape index (κ2) is 3.70. The number of nitrogens with one attached hydrogen (secondary N) is 1. The van der Waals surface area contributed by atoms with E-state index in [-0.39, 0.29) is 5.54 Å². The summed E-state index contributed by atoms with van der Waals surface area (Å²) < 4.78 is 7.25. The number of nitrogens with zero attached hydrogens (tertiary/aromatic N) is 3. The van der Waals surface area contributed by atoms with E-state index in [1.807, 2.05) is 29.6 Å². The normalized spacial score (nSPS) is 24.4. The molecule has 17 heavy (non-hydrogen) atoms. The number of aromatic nitrogens is 3. The Morgan fingerprint density at radius 1 is 1.47 bits per heavy atom. The molecule has 1 saturated heterocycles. The summed E-state index contributed by atoms with van der Waals surface area (Å²) in [5, 5.41) is 7.83. The third kappa shape index (κ3) is 1.86. The average Bonchev–Trinajstić information content (AvgIpc) is 2.86. The molecule has 1 unspecified atom stereocenters. The molecule has 1 aliphatic rings. The van der Waals surface area contributed by atoms with Crippen molar-refractivity contribution in [1.29, 1.82) is 0 Å². The molecule has 5 heteroatoms. The van der Waals surface area contributed by atoms with Crippen LogP contribution >= 0.6 is 0 Å². The van der Waals surface area contributed by atoms with E-state index in [1.54, 1.807) is 0 Å². The molecule has 0 aromatic carbocycles. The minimum absolute atomic E-state index is 0.0428. The quantitative estimate of drug-likeness (QED) is 0.855. The number of pyridine rings is 1. The molecule has 1 aliphatic heterocycles. The number of fused-ring (bicyclic) bond motifs is 1. The Balaban J connectivity index is 1.93. The summed E-state index contributed by atoms with van der Waals surface area (Å²) in [5.41, 5.74) is 1.91. The van der Waals surface area contributed by atoms with E-state index in [0.29, 0.717) is 12.6 Å². The van der Waals surface area contributed by atoms with Crippen LogP contribution in [-0.4, -0.2) is 33.4 Å². The number of rotatable bonds is 2. The van der Waals surface area contributed by atoms with Gasteiger partial charge in [-0.1, -0.05) is 6.07 Å². The van der Waals surface area contributed by atoms with Crippen molar-refractivity contribution in [1.82, 2.24) is 14.6 Å². The van der Waals surface area contributed by atoms with Gasteiger partial charge in [0.2, 0.25) is 5.95 Å². The first-order valence-electron chi connectivity index (χ1n) is 5.85. The third-order valence-electron chi connectivity index (χ3n) is 3.18. The first-order valence-corrected chi connectivity index (χ1v) is 5.85. The zero-order valence-corrected chi connectivity index (χ0v) is 10.1. The molecule has 3 rings (SSSR count). The zero-order valence-electron chi connectivity index (χ0n) is 10.1. The van der Waals surface area contributed by atoms with Crippen LogP contribution in [0.5, 0.6) is 0 Å². The van der Waals surface area contributed by atoms with E-state index in [2.05, 4.69) is 22.3 Å². The Hall–Kier alpha value is -1.62. The van der Waals surface area contributed by atoms with Gasteiger partial charge in [-0.2, -0.15) is 4.98 Å². The van der Waals surface area contributed by atoms with Crippen molar-refractivity contribution < 1.29 is 4.74 Å². The van der Waals surface area contributed by atoms with Gasteiger partial charge in [0.15, 0.2) is 5.65 Å². The van der Waals surface area contributed by atoms with Crippen molar-refractivity contribution in [3.8, 4) is 0 Å². The second-order valence-electron chi connectivity index (χ2n) is 4.86. The third-order valence-corrected chi connectivity index (χ3v) is 3.18. The maximum absolute atomic E-state index is 5.41. The molecule has 1 N–H and O–H groups in total. The first kappa shape index (κ1) is 10.5. The SMILES string of the molecule is Cc1cccc2nc(NC3(C)CCOC3)nn12. The number of aryl methyl sites for hydroxylation is 1. The summed E-state index contributed by atoms with van der Waals surface area (Å²) >= 11 is 0. The first-order chi connectivity index (χ1) is 8.16. The number of anilines is 1. The van der Waals surface area contributed by atoms with E-state index < -0.39 is 0 Å². The summed E-state index contributed by atoms with van der Waals surface area (Å²) in [6.45, 7) is 5.67. The van der Waals surface area contributed by atoms with Crippen LogP contribution in [0.3, 0.4) is 0 Å². The highest BCUT2D eigenvalue weighted by molar-refractivity contribution is 5.45. The summed E-state index contributed by atoms with van der Waals surface area (Å²) in [6.07, 6.45) is 0.988. The van der Waals surface area contributed by atoms with Crippen molar-refractivity contribution in [3.05, 3.63) is 23.9 Å². The van der Waals surface area contributed by atoms with Crippen molar-refractivity contribution in [2.24, 2.45) is 0 Å². The summed E-state index contributed by atoms with van der Waals surface area (Å²) in [5.74, 6) is 0.673. The fraction of sp³-hybridized carbons (Fsp3) is 0.500. The molecule has 0 bridgehead atoms. The Morgan fingerprint density at radius 3 is 3.06 bits per heavy atom. The summed E-state index contributed by atoms with van der Waals surface area (Å²) in [6, 6.07) is 5.97. The van der Waals surface area contributed by atoms with Crippen molar-refractivity contribution in [3.63, 3.8) is 0 Å². The Kier molecular flexibility index (Phi) is 2.29. The van der Waals surface area contributed by atoms with E-state index in [0.717, 1.165) is 24.4 Å². The van der Waals surface area contributed by atoms with Crippen LogP contribution < -0.4 is 5.32 Å². The van der Waals surface area contributed by atoms with Gasteiger partial charge in [-0.15, -0.1) is 5.10 Å². The largest absolute Gasteiger partial charge is 0.379 e. The number of hydrogen-bond acceptors (Lipinski definition) is 4. The maximum atomic E-state index is 5.41. The van der Waals surface area contributed by atoms with Gasteiger partial charge in [0.25, 0.3) is 0 Å². The lowest BCUT2D eigenvalue weighted by Crippen LogP contribution is -2.35. The molecule has 3 heterocycles. The van der Waals surface area contributed by atoms with Gasteiger partial charge >= 0.3 is 0 Å².